The fraction of sp³-hybridized carbons (Fsp3) is 0.273. The predicted molar refractivity (Wildman–Crippen MR) is 65.2 cm³/mol. The van der Waals surface area contributed by atoms with Gasteiger partial charge in [0.25, 0.3) is 0 Å². The van der Waals surface area contributed by atoms with Gasteiger partial charge in [0.05, 0.1) is 16.7 Å². The Bertz CT molecular complexity index is 496. The Balaban J connectivity index is 2.07. The first kappa shape index (κ1) is 11.1. The quantitative estimate of drug-likeness (QED) is 0.940. The smallest absolute Gasteiger partial charge is 0.156 e. The molecule has 0 fully saturated rings. The van der Waals surface area contributed by atoms with Crippen LogP contribution in [0.1, 0.15) is 17.0 Å². The number of anilines is 1. The van der Waals surface area contributed by atoms with Crippen LogP contribution >= 0.6 is 15.9 Å². The van der Waals surface area contributed by atoms with Crippen molar-refractivity contribution in [2.45, 2.75) is 20.4 Å². The van der Waals surface area contributed by atoms with Crippen LogP contribution in [0.15, 0.2) is 27.3 Å². The Morgan fingerprint density at radius 3 is 2.94 bits per heavy atom. The third-order valence-corrected chi connectivity index (χ3v) is 3.19. The second kappa shape index (κ2) is 4.65. The number of nitrogens with one attached hydrogen (secondary N) is 1. The molecule has 4 nitrogen and oxygen atoms in total. The van der Waals surface area contributed by atoms with Crippen LogP contribution in [0.3, 0.4) is 0 Å². The van der Waals surface area contributed by atoms with Gasteiger partial charge in [0.15, 0.2) is 5.76 Å². The van der Waals surface area contributed by atoms with E-state index in [0.29, 0.717) is 6.54 Å². The summed E-state index contributed by atoms with van der Waals surface area (Å²) in [6, 6.07) is 3.85. The maximum Gasteiger partial charge on any atom is 0.156 e. The number of rotatable bonds is 3. The van der Waals surface area contributed by atoms with Crippen LogP contribution in [0, 0.1) is 13.8 Å². The summed E-state index contributed by atoms with van der Waals surface area (Å²) in [5, 5.41) is 7.01. The molecule has 2 aromatic rings. The molecule has 1 N–H and O–H groups in total. The van der Waals surface area contributed by atoms with Crippen molar-refractivity contribution in [3.63, 3.8) is 0 Å². The highest BCUT2D eigenvalue weighted by Crippen LogP contribution is 2.23. The predicted octanol–water partition coefficient (Wildman–Crippen LogP) is 3.06. The Morgan fingerprint density at radius 2 is 2.25 bits per heavy atom. The van der Waals surface area contributed by atoms with Crippen molar-refractivity contribution < 1.29 is 4.52 Å². The number of aromatic nitrogens is 2. The van der Waals surface area contributed by atoms with Gasteiger partial charge in [0, 0.05) is 12.3 Å². The number of hydrogen-bond acceptors (Lipinski definition) is 4. The standard InChI is InChI=1S/C11H12BrN3O/c1-7-3-4-13-11(10(7)12)14-6-9-5-8(2)15-16-9/h3-5H,6H2,1-2H3,(H,13,14). The third kappa shape index (κ3) is 2.41. The number of hydrogen-bond donors (Lipinski definition) is 1. The molecule has 0 saturated heterocycles. The minimum absolute atomic E-state index is 0.579. The van der Waals surface area contributed by atoms with E-state index in [0.717, 1.165) is 27.3 Å². The summed E-state index contributed by atoms with van der Waals surface area (Å²) in [5.74, 6) is 1.61. The second-order valence-electron chi connectivity index (χ2n) is 3.58. The van der Waals surface area contributed by atoms with Crippen LogP contribution in [0.5, 0.6) is 0 Å². The Kier molecular flexibility index (Phi) is 3.24. The van der Waals surface area contributed by atoms with E-state index in [1.54, 1.807) is 6.20 Å². The molecular formula is C11H12BrN3O. The lowest BCUT2D eigenvalue weighted by Crippen LogP contribution is -2.01. The van der Waals surface area contributed by atoms with Crippen LogP contribution < -0.4 is 5.32 Å². The molecule has 84 valence electrons. The van der Waals surface area contributed by atoms with Crippen molar-refractivity contribution >= 4 is 21.7 Å². The average molecular weight is 282 g/mol. The summed E-state index contributed by atoms with van der Waals surface area (Å²) in [4.78, 5) is 4.24. The lowest BCUT2D eigenvalue weighted by molar-refractivity contribution is 0.384. The van der Waals surface area contributed by atoms with Gasteiger partial charge >= 0.3 is 0 Å². The van der Waals surface area contributed by atoms with Crippen LogP contribution in [0.4, 0.5) is 5.82 Å². The average Bonchev–Trinajstić information content (AvgIpc) is 2.67. The van der Waals surface area contributed by atoms with E-state index in [1.165, 1.54) is 0 Å². The lowest BCUT2D eigenvalue weighted by atomic mass is 10.3. The van der Waals surface area contributed by atoms with Crippen molar-refractivity contribution in [3.05, 3.63) is 39.8 Å². The van der Waals surface area contributed by atoms with Gasteiger partial charge < -0.3 is 9.84 Å². The van der Waals surface area contributed by atoms with Crippen LogP contribution in [0.25, 0.3) is 0 Å². The summed E-state index contributed by atoms with van der Waals surface area (Å²) < 4.78 is 6.08. The van der Waals surface area contributed by atoms with Crippen molar-refractivity contribution in [2.75, 3.05) is 5.32 Å². The van der Waals surface area contributed by atoms with E-state index in [-0.39, 0.29) is 0 Å². The molecule has 0 unspecified atom stereocenters. The molecule has 0 aliphatic carbocycles. The van der Waals surface area contributed by atoms with E-state index in [2.05, 4.69) is 31.4 Å². The van der Waals surface area contributed by atoms with Gasteiger partial charge in [-0.25, -0.2) is 4.98 Å². The van der Waals surface area contributed by atoms with Crippen molar-refractivity contribution in [3.8, 4) is 0 Å². The molecule has 0 aliphatic rings. The van der Waals surface area contributed by atoms with Gasteiger partial charge in [-0.3, -0.25) is 0 Å². The Hall–Kier alpha value is -1.36. The molecule has 0 atom stereocenters. The van der Waals surface area contributed by atoms with Crippen LogP contribution in [-0.4, -0.2) is 10.1 Å². The Morgan fingerprint density at radius 1 is 1.44 bits per heavy atom. The van der Waals surface area contributed by atoms with Crippen molar-refractivity contribution in [1.82, 2.24) is 10.1 Å². The number of nitrogens with zero attached hydrogens (tertiary/aromatic N) is 2. The summed E-state index contributed by atoms with van der Waals surface area (Å²) in [6.45, 7) is 4.50. The molecule has 0 radical (unpaired) electrons. The van der Waals surface area contributed by atoms with E-state index in [9.17, 15) is 0 Å². The monoisotopic (exact) mass is 281 g/mol. The summed E-state index contributed by atoms with van der Waals surface area (Å²) in [5.41, 5.74) is 2.03. The normalized spacial score (nSPS) is 10.4. The molecule has 0 spiro atoms. The zero-order valence-electron chi connectivity index (χ0n) is 9.12. The van der Waals surface area contributed by atoms with Gasteiger partial charge in [-0.2, -0.15) is 0 Å². The van der Waals surface area contributed by atoms with E-state index >= 15 is 0 Å². The zero-order chi connectivity index (χ0) is 11.5. The minimum Gasteiger partial charge on any atom is -0.362 e. The fourth-order valence-electron chi connectivity index (χ4n) is 1.33. The summed E-state index contributed by atoms with van der Waals surface area (Å²) >= 11 is 3.49. The highest BCUT2D eigenvalue weighted by atomic mass is 79.9. The molecule has 2 rings (SSSR count). The molecule has 5 heteroatoms. The van der Waals surface area contributed by atoms with Crippen molar-refractivity contribution in [1.29, 1.82) is 0 Å². The maximum absolute atomic E-state index is 5.10. The van der Waals surface area contributed by atoms with E-state index in [1.807, 2.05) is 26.0 Å². The summed E-state index contributed by atoms with van der Waals surface area (Å²) in [6.07, 6.45) is 1.77. The molecule has 0 saturated carbocycles. The zero-order valence-corrected chi connectivity index (χ0v) is 10.7. The van der Waals surface area contributed by atoms with Gasteiger partial charge in [0.2, 0.25) is 0 Å². The number of aryl methyl sites for hydroxylation is 2. The number of halogens is 1. The first-order chi connectivity index (χ1) is 7.66. The summed E-state index contributed by atoms with van der Waals surface area (Å²) in [7, 11) is 0. The van der Waals surface area contributed by atoms with Gasteiger partial charge in [-0.05, 0) is 41.4 Å². The first-order valence-corrected chi connectivity index (χ1v) is 5.73. The molecular weight excluding hydrogens is 270 g/mol. The molecule has 16 heavy (non-hydrogen) atoms. The minimum atomic E-state index is 0.579. The van der Waals surface area contributed by atoms with Crippen molar-refractivity contribution in [2.24, 2.45) is 0 Å². The van der Waals surface area contributed by atoms with Gasteiger partial charge in [0.1, 0.15) is 5.82 Å². The molecule has 2 aromatic heterocycles. The van der Waals surface area contributed by atoms with E-state index < -0.39 is 0 Å². The van der Waals surface area contributed by atoms with Crippen LogP contribution in [0.2, 0.25) is 0 Å². The first-order valence-electron chi connectivity index (χ1n) is 4.94. The highest BCUT2D eigenvalue weighted by Gasteiger charge is 2.05. The third-order valence-electron chi connectivity index (χ3n) is 2.19. The molecule has 0 aromatic carbocycles. The number of pyridine rings is 1. The molecule has 2 heterocycles. The highest BCUT2D eigenvalue weighted by molar-refractivity contribution is 9.10. The fourth-order valence-corrected chi connectivity index (χ4v) is 1.71. The maximum atomic E-state index is 5.10. The SMILES string of the molecule is Cc1cc(CNc2nccc(C)c2Br)on1. The molecule has 0 amide bonds. The second-order valence-corrected chi connectivity index (χ2v) is 4.37. The van der Waals surface area contributed by atoms with Crippen LogP contribution in [-0.2, 0) is 6.54 Å². The Labute approximate surface area is 102 Å². The van der Waals surface area contributed by atoms with Gasteiger partial charge in [-0.15, -0.1) is 0 Å². The van der Waals surface area contributed by atoms with Gasteiger partial charge in [-0.1, -0.05) is 5.16 Å². The largest absolute Gasteiger partial charge is 0.362 e. The van der Waals surface area contributed by atoms with E-state index in [4.69, 9.17) is 4.52 Å². The molecule has 0 bridgehead atoms. The topological polar surface area (TPSA) is 51.0 Å². The lowest BCUT2D eigenvalue weighted by Gasteiger charge is -2.06. The molecule has 0 aliphatic heterocycles.